The second kappa shape index (κ2) is 8.98. The van der Waals surface area contributed by atoms with E-state index in [2.05, 4.69) is 21.1 Å². The molecule has 0 amide bonds. The van der Waals surface area contributed by atoms with Gasteiger partial charge in [-0.25, -0.2) is 13.1 Å². The number of nitrogens with zero attached hydrogens (tertiary/aromatic N) is 1. The lowest BCUT2D eigenvalue weighted by atomic mass is 10.2. The van der Waals surface area contributed by atoms with E-state index >= 15 is 0 Å². The topological polar surface area (TPSA) is 58.6 Å². The van der Waals surface area contributed by atoms with Crippen LogP contribution in [0.2, 0.25) is 0 Å². The zero-order valence-electron chi connectivity index (χ0n) is 13.2. The third-order valence-corrected chi connectivity index (χ3v) is 6.29. The summed E-state index contributed by atoms with van der Waals surface area (Å²) in [6.45, 7) is 2.75. The smallest absolute Gasteiger partial charge is 0.213 e. The van der Waals surface area contributed by atoms with Crippen molar-refractivity contribution < 1.29 is 13.2 Å². The summed E-state index contributed by atoms with van der Waals surface area (Å²) >= 11 is 1.70. The minimum atomic E-state index is -3.27. The summed E-state index contributed by atoms with van der Waals surface area (Å²) in [6, 6.07) is 4.27. The van der Waals surface area contributed by atoms with Crippen LogP contribution in [-0.4, -0.2) is 52.4 Å². The second-order valence-corrected chi connectivity index (χ2v) is 8.55. The van der Waals surface area contributed by atoms with Gasteiger partial charge in [-0.05, 0) is 37.4 Å². The predicted octanol–water partition coefficient (Wildman–Crippen LogP) is 2.23. The molecule has 2 rings (SSSR count). The van der Waals surface area contributed by atoms with Gasteiger partial charge < -0.3 is 4.74 Å². The molecule has 0 spiro atoms. The lowest BCUT2D eigenvalue weighted by molar-refractivity contribution is 0.207. The van der Waals surface area contributed by atoms with Crippen molar-refractivity contribution in [2.45, 2.75) is 31.7 Å². The van der Waals surface area contributed by atoms with Crippen LogP contribution in [0.25, 0.3) is 0 Å². The average Bonchev–Trinajstić information content (AvgIpc) is 2.89. The van der Waals surface area contributed by atoms with E-state index in [1.54, 1.807) is 11.3 Å². The van der Waals surface area contributed by atoms with E-state index in [1.807, 2.05) is 6.07 Å². The Morgan fingerprint density at radius 1 is 1.32 bits per heavy atom. The highest BCUT2D eigenvalue weighted by Gasteiger charge is 2.24. The molecule has 126 valence electrons. The molecule has 1 aliphatic rings. The van der Waals surface area contributed by atoms with Crippen LogP contribution >= 0.6 is 11.3 Å². The van der Waals surface area contributed by atoms with Crippen LogP contribution in [0.4, 0.5) is 0 Å². The molecule has 1 fully saturated rings. The lowest BCUT2D eigenvalue weighted by Gasteiger charge is -2.30. The fourth-order valence-corrected chi connectivity index (χ4v) is 4.57. The largest absolute Gasteiger partial charge is 0.384 e. The molecule has 2 heterocycles. The van der Waals surface area contributed by atoms with Crippen molar-refractivity contribution in [1.29, 1.82) is 0 Å². The Balaban J connectivity index is 2.02. The highest BCUT2D eigenvalue weighted by molar-refractivity contribution is 7.89. The summed E-state index contributed by atoms with van der Waals surface area (Å²) in [7, 11) is -1.76. The van der Waals surface area contributed by atoms with Gasteiger partial charge in [0.2, 0.25) is 10.0 Å². The first-order chi connectivity index (χ1) is 10.6. The van der Waals surface area contributed by atoms with Gasteiger partial charge in [-0.2, -0.15) is 0 Å². The third kappa shape index (κ3) is 5.62. The predicted molar refractivity (Wildman–Crippen MR) is 90.8 cm³/mol. The number of nitrogens with one attached hydrogen (secondary N) is 1. The highest BCUT2D eigenvalue weighted by atomic mass is 32.2. The first-order valence-corrected chi connectivity index (χ1v) is 10.4. The molecule has 7 heteroatoms. The fourth-order valence-electron chi connectivity index (χ4n) is 2.77. The number of thiophene rings is 1. The summed E-state index contributed by atoms with van der Waals surface area (Å²) in [6.07, 6.45) is 4.93. The van der Waals surface area contributed by atoms with Crippen molar-refractivity contribution in [3.8, 4) is 0 Å². The van der Waals surface area contributed by atoms with Crippen molar-refractivity contribution in [3.63, 3.8) is 0 Å². The molecular weight excluding hydrogens is 320 g/mol. The van der Waals surface area contributed by atoms with E-state index < -0.39 is 10.0 Å². The number of methoxy groups -OCH3 is 1. The van der Waals surface area contributed by atoms with Crippen LogP contribution in [0.15, 0.2) is 17.5 Å². The van der Waals surface area contributed by atoms with E-state index in [4.69, 9.17) is 4.74 Å². The summed E-state index contributed by atoms with van der Waals surface area (Å²) in [5.74, 6) is 0.0145. The summed E-state index contributed by atoms with van der Waals surface area (Å²) < 4.78 is 31.6. The van der Waals surface area contributed by atoms with Gasteiger partial charge in [0.1, 0.15) is 0 Å². The van der Waals surface area contributed by atoms with E-state index in [9.17, 15) is 8.42 Å². The lowest BCUT2D eigenvalue weighted by Crippen LogP contribution is -2.39. The molecule has 22 heavy (non-hydrogen) atoms. The van der Waals surface area contributed by atoms with Crippen molar-refractivity contribution in [2.75, 3.05) is 39.1 Å². The van der Waals surface area contributed by atoms with Crippen molar-refractivity contribution >= 4 is 21.4 Å². The number of likely N-dealkylation sites (tertiary alicyclic amines) is 1. The molecule has 1 unspecified atom stereocenters. The van der Waals surface area contributed by atoms with E-state index in [-0.39, 0.29) is 18.4 Å². The Morgan fingerprint density at radius 2 is 2.05 bits per heavy atom. The van der Waals surface area contributed by atoms with Crippen LogP contribution in [0, 0.1) is 0 Å². The number of rotatable bonds is 8. The zero-order valence-corrected chi connectivity index (χ0v) is 14.8. The molecule has 1 atom stereocenters. The quantitative estimate of drug-likeness (QED) is 0.784. The van der Waals surface area contributed by atoms with Crippen molar-refractivity contribution in [1.82, 2.24) is 9.62 Å². The van der Waals surface area contributed by atoms with Crippen LogP contribution in [0.1, 0.15) is 36.6 Å². The fraction of sp³-hybridized carbons (Fsp3) is 0.733. The first-order valence-electron chi connectivity index (χ1n) is 7.86. The molecule has 0 radical (unpaired) electrons. The Kier molecular flexibility index (Phi) is 7.30. The van der Waals surface area contributed by atoms with Crippen LogP contribution in [0.5, 0.6) is 0 Å². The second-order valence-electron chi connectivity index (χ2n) is 5.64. The monoisotopic (exact) mass is 346 g/mol. The molecule has 1 saturated heterocycles. The normalized spacial score (nSPS) is 19.0. The maximum absolute atomic E-state index is 12.0. The van der Waals surface area contributed by atoms with Gasteiger partial charge in [-0.3, -0.25) is 4.90 Å². The molecule has 1 aromatic rings. The standard InChI is InChI=1S/C15H26N2O3S2/c1-20-10-12-22(18,19)16-13-14(15-7-6-11-21-15)17-8-4-2-3-5-9-17/h6-7,11,14,16H,2-5,8-10,12-13H2,1H3. The van der Waals surface area contributed by atoms with Gasteiger partial charge in [0, 0.05) is 18.5 Å². The minimum absolute atomic E-state index is 0.0145. The molecule has 1 aliphatic heterocycles. The highest BCUT2D eigenvalue weighted by Crippen LogP contribution is 2.27. The van der Waals surface area contributed by atoms with E-state index in [0.29, 0.717) is 6.54 Å². The Hall–Kier alpha value is -0.470. The SMILES string of the molecule is COCCS(=O)(=O)NCC(c1cccs1)N1CCCCCC1. The maximum Gasteiger partial charge on any atom is 0.213 e. The Labute approximate surface area is 137 Å². The zero-order chi connectivity index (χ0) is 15.8. The number of sulfonamides is 1. The molecule has 0 saturated carbocycles. The Bertz CT molecular complexity index is 509. The molecule has 1 N–H and O–H groups in total. The van der Waals surface area contributed by atoms with Gasteiger partial charge in [0.15, 0.2) is 0 Å². The van der Waals surface area contributed by atoms with Gasteiger partial charge in [0.25, 0.3) is 0 Å². The molecule has 0 aliphatic carbocycles. The number of hydrogen-bond donors (Lipinski definition) is 1. The molecule has 0 aromatic carbocycles. The van der Waals surface area contributed by atoms with Gasteiger partial charge in [-0.15, -0.1) is 11.3 Å². The number of ether oxygens (including phenoxy) is 1. The van der Waals surface area contributed by atoms with Crippen LogP contribution < -0.4 is 4.72 Å². The average molecular weight is 347 g/mol. The molecular formula is C15H26N2O3S2. The van der Waals surface area contributed by atoms with Crippen molar-refractivity contribution in [2.24, 2.45) is 0 Å². The first kappa shape index (κ1) is 17.9. The van der Waals surface area contributed by atoms with E-state index in [0.717, 1.165) is 13.1 Å². The van der Waals surface area contributed by atoms with Gasteiger partial charge >= 0.3 is 0 Å². The third-order valence-electron chi connectivity index (χ3n) is 4.01. The van der Waals surface area contributed by atoms with Crippen LogP contribution in [0.3, 0.4) is 0 Å². The summed E-state index contributed by atoms with van der Waals surface area (Å²) in [5.41, 5.74) is 0. The van der Waals surface area contributed by atoms with Gasteiger partial charge in [0.05, 0.1) is 18.4 Å². The molecule has 1 aromatic heterocycles. The van der Waals surface area contributed by atoms with Crippen molar-refractivity contribution in [3.05, 3.63) is 22.4 Å². The van der Waals surface area contributed by atoms with Gasteiger partial charge in [-0.1, -0.05) is 18.9 Å². The Morgan fingerprint density at radius 3 is 2.64 bits per heavy atom. The minimum Gasteiger partial charge on any atom is -0.384 e. The number of hydrogen-bond acceptors (Lipinski definition) is 5. The van der Waals surface area contributed by atoms with Crippen LogP contribution in [-0.2, 0) is 14.8 Å². The summed E-state index contributed by atoms with van der Waals surface area (Å²) in [5, 5.41) is 2.06. The molecule has 5 nitrogen and oxygen atoms in total. The maximum atomic E-state index is 12.0. The molecule has 0 bridgehead atoms. The van der Waals surface area contributed by atoms with E-state index in [1.165, 1.54) is 37.7 Å². The summed E-state index contributed by atoms with van der Waals surface area (Å²) in [4.78, 5) is 3.66.